The summed E-state index contributed by atoms with van der Waals surface area (Å²) >= 11 is 0. The number of carbonyl (C=O) groups is 1. The second kappa shape index (κ2) is 7.10. The maximum atomic E-state index is 13.4. The van der Waals surface area contributed by atoms with Gasteiger partial charge in [-0.25, -0.2) is 4.39 Å². The number of benzene rings is 1. The van der Waals surface area contributed by atoms with Crippen molar-refractivity contribution < 1.29 is 13.9 Å². The molecule has 0 radical (unpaired) electrons. The molecule has 0 saturated carbocycles. The summed E-state index contributed by atoms with van der Waals surface area (Å²) in [5.74, 6) is 2.33. The maximum absolute atomic E-state index is 13.4. The predicted molar refractivity (Wildman–Crippen MR) is 86.6 cm³/mol. The molecule has 0 aromatic heterocycles. The molecule has 3 rings (SSSR count). The van der Waals surface area contributed by atoms with Gasteiger partial charge < -0.3 is 9.64 Å². The highest BCUT2D eigenvalue weighted by Gasteiger charge is 2.40. The summed E-state index contributed by atoms with van der Waals surface area (Å²) in [5, 5.41) is 8.11. The first-order valence-electron chi connectivity index (χ1n) is 8.14. The third kappa shape index (κ3) is 3.98. The average molecular weight is 329 g/mol. The summed E-state index contributed by atoms with van der Waals surface area (Å²) in [5.41, 5.74) is 0.321. The molecule has 5 nitrogen and oxygen atoms in total. The minimum Gasteiger partial charge on any atom is -0.370 e. The normalized spacial score (nSPS) is 21.3. The summed E-state index contributed by atoms with van der Waals surface area (Å²) < 4.78 is 19.1. The molecule has 0 aliphatic carbocycles. The van der Waals surface area contributed by atoms with E-state index in [2.05, 4.69) is 16.1 Å². The van der Waals surface area contributed by atoms with Gasteiger partial charge in [-0.1, -0.05) is 12.1 Å². The summed E-state index contributed by atoms with van der Waals surface area (Å²) in [7, 11) is 0. The van der Waals surface area contributed by atoms with Crippen LogP contribution in [-0.2, 0) is 9.53 Å². The Labute approximate surface area is 140 Å². The van der Waals surface area contributed by atoms with Gasteiger partial charge in [0.15, 0.2) is 5.66 Å². The minimum absolute atomic E-state index is 0.0529. The predicted octanol–water partition coefficient (Wildman–Crippen LogP) is 3.08. The van der Waals surface area contributed by atoms with Crippen LogP contribution in [-0.4, -0.2) is 36.2 Å². The van der Waals surface area contributed by atoms with Crippen molar-refractivity contribution >= 4 is 5.91 Å². The van der Waals surface area contributed by atoms with E-state index in [-0.39, 0.29) is 17.8 Å². The average Bonchev–Trinajstić information content (AvgIpc) is 3.38. The number of carbonyl (C=O) groups excluding carboxylic acids is 1. The van der Waals surface area contributed by atoms with Gasteiger partial charge in [-0.05, 0) is 17.7 Å². The first-order valence-corrected chi connectivity index (χ1v) is 8.14. The fourth-order valence-electron chi connectivity index (χ4n) is 2.92. The van der Waals surface area contributed by atoms with Crippen LogP contribution in [0, 0.1) is 18.2 Å². The van der Waals surface area contributed by atoms with Gasteiger partial charge in [-0.2, -0.15) is 10.2 Å². The lowest BCUT2D eigenvalue weighted by Gasteiger charge is -2.33. The van der Waals surface area contributed by atoms with E-state index in [1.807, 2.05) is 6.07 Å². The van der Waals surface area contributed by atoms with Crippen molar-refractivity contribution in [2.75, 3.05) is 19.7 Å². The number of morpholine rings is 1. The van der Waals surface area contributed by atoms with E-state index in [0.717, 1.165) is 5.56 Å². The lowest BCUT2D eigenvalue weighted by atomic mass is 10.0. The van der Waals surface area contributed by atoms with Crippen LogP contribution in [0.2, 0.25) is 0 Å². The number of ether oxygens (including phenoxy) is 1. The molecule has 6 heteroatoms. The zero-order valence-electron chi connectivity index (χ0n) is 13.4. The van der Waals surface area contributed by atoms with Crippen LogP contribution in [0.15, 0.2) is 34.5 Å². The van der Waals surface area contributed by atoms with E-state index < -0.39 is 5.66 Å². The molecule has 1 amide bonds. The Morgan fingerprint density at radius 3 is 3.00 bits per heavy atom. The van der Waals surface area contributed by atoms with Crippen molar-refractivity contribution in [3.05, 3.63) is 35.6 Å². The zero-order valence-corrected chi connectivity index (χ0v) is 13.4. The van der Waals surface area contributed by atoms with Gasteiger partial charge >= 0.3 is 0 Å². The van der Waals surface area contributed by atoms with Crippen LogP contribution >= 0.6 is 0 Å². The van der Waals surface area contributed by atoms with E-state index in [4.69, 9.17) is 11.2 Å². The molecular weight excluding hydrogens is 309 g/mol. The quantitative estimate of drug-likeness (QED) is 0.753. The molecule has 2 aliphatic rings. The molecule has 1 aromatic rings. The van der Waals surface area contributed by atoms with Crippen LogP contribution in [0.4, 0.5) is 4.39 Å². The molecule has 1 atom stereocenters. The van der Waals surface area contributed by atoms with E-state index in [1.54, 1.807) is 11.0 Å². The standard InChI is InChI=1S/C18H20FN3O2/c1-2-3-8-18(20-21-18)9-7-17(23)22-10-11-24-16(13-22)14-5-4-6-15(19)12-14/h1,4-6,12,16H,3,7-11,13H2. The molecule has 126 valence electrons. The Morgan fingerprint density at radius 1 is 1.46 bits per heavy atom. The van der Waals surface area contributed by atoms with Gasteiger partial charge in [-0.15, -0.1) is 12.3 Å². The zero-order chi connectivity index (χ0) is 17.0. The van der Waals surface area contributed by atoms with Gasteiger partial charge in [0.1, 0.15) is 11.9 Å². The summed E-state index contributed by atoms with van der Waals surface area (Å²) in [6.45, 7) is 1.44. The van der Waals surface area contributed by atoms with Crippen LogP contribution < -0.4 is 0 Å². The lowest BCUT2D eigenvalue weighted by Crippen LogP contribution is -2.42. The fourth-order valence-corrected chi connectivity index (χ4v) is 2.92. The second-order valence-corrected chi connectivity index (χ2v) is 6.14. The topological polar surface area (TPSA) is 54.3 Å². The molecule has 0 N–H and O–H groups in total. The van der Waals surface area contributed by atoms with Gasteiger partial charge in [0, 0.05) is 32.2 Å². The molecule has 1 fully saturated rings. The van der Waals surface area contributed by atoms with Crippen LogP contribution in [0.3, 0.4) is 0 Å². The van der Waals surface area contributed by atoms with Crippen LogP contribution in [0.25, 0.3) is 0 Å². The van der Waals surface area contributed by atoms with Gasteiger partial charge in [-0.3, -0.25) is 4.79 Å². The summed E-state index contributed by atoms with van der Waals surface area (Å²) in [6.07, 6.45) is 7.27. The lowest BCUT2D eigenvalue weighted by molar-refractivity contribution is -0.139. The number of halogens is 1. The van der Waals surface area contributed by atoms with Crippen molar-refractivity contribution in [1.82, 2.24) is 4.90 Å². The molecule has 24 heavy (non-hydrogen) atoms. The molecule has 2 heterocycles. The number of rotatable bonds is 6. The number of amides is 1. The molecule has 1 unspecified atom stereocenters. The van der Waals surface area contributed by atoms with E-state index in [9.17, 15) is 9.18 Å². The Hall–Kier alpha value is -2.26. The number of nitrogens with zero attached hydrogens (tertiary/aromatic N) is 3. The van der Waals surface area contributed by atoms with Crippen molar-refractivity contribution in [1.29, 1.82) is 0 Å². The number of hydrogen-bond acceptors (Lipinski definition) is 4. The van der Waals surface area contributed by atoms with E-state index in [1.165, 1.54) is 12.1 Å². The Kier molecular flexibility index (Phi) is 4.91. The van der Waals surface area contributed by atoms with Crippen molar-refractivity contribution in [2.45, 2.75) is 37.5 Å². The highest BCUT2D eigenvalue weighted by Crippen LogP contribution is 2.37. The van der Waals surface area contributed by atoms with Crippen LogP contribution in [0.1, 0.15) is 37.4 Å². The van der Waals surface area contributed by atoms with Crippen molar-refractivity contribution in [2.24, 2.45) is 10.2 Å². The van der Waals surface area contributed by atoms with Gasteiger partial charge in [0.25, 0.3) is 0 Å². The SMILES string of the molecule is C#CCCC1(CCC(=O)N2CCOC(c3cccc(F)c3)C2)N=N1. The Morgan fingerprint density at radius 2 is 2.29 bits per heavy atom. The molecule has 0 spiro atoms. The minimum atomic E-state index is -0.434. The molecule has 2 aliphatic heterocycles. The molecule has 0 bridgehead atoms. The molecule has 1 saturated heterocycles. The monoisotopic (exact) mass is 329 g/mol. The smallest absolute Gasteiger partial charge is 0.222 e. The van der Waals surface area contributed by atoms with E-state index in [0.29, 0.717) is 45.4 Å². The largest absolute Gasteiger partial charge is 0.370 e. The summed E-state index contributed by atoms with van der Waals surface area (Å²) in [6, 6.07) is 6.32. The summed E-state index contributed by atoms with van der Waals surface area (Å²) in [4.78, 5) is 14.2. The second-order valence-electron chi connectivity index (χ2n) is 6.14. The van der Waals surface area contributed by atoms with E-state index >= 15 is 0 Å². The third-order valence-corrected chi connectivity index (χ3v) is 4.43. The third-order valence-electron chi connectivity index (χ3n) is 4.43. The molecular formula is C18H20FN3O2. The van der Waals surface area contributed by atoms with Crippen LogP contribution in [0.5, 0.6) is 0 Å². The Balaban J connectivity index is 1.53. The first kappa shape index (κ1) is 16.6. The maximum Gasteiger partial charge on any atom is 0.222 e. The number of terminal acetylenes is 1. The highest BCUT2D eigenvalue weighted by molar-refractivity contribution is 5.76. The van der Waals surface area contributed by atoms with Gasteiger partial charge in [0.2, 0.25) is 5.91 Å². The van der Waals surface area contributed by atoms with Crippen molar-refractivity contribution in [3.8, 4) is 12.3 Å². The fraction of sp³-hybridized carbons (Fsp3) is 0.500. The Bertz CT molecular complexity index is 677. The number of hydrogen-bond donors (Lipinski definition) is 0. The first-order chi connectivity index (χ1) is 11.6. The molecule has 1 aromatic carbocycles. The van der Waals surface area contributed by atoms with Crippen molar-refractivity contribution in [3.63, 3.8) is 0 Å². The van der Waals surface area contributed by atoms with Gasteiger partial charge in [0.05, 0.1) is 13.2 Å². The highest BCUT2D eigenvalue weighted by atomic mass is 19.1.